The van der Waals surface area contributed by atoms with Gasteiger partial charge in [-0.15, -0.1) is 0 Å². The molecule has 126 valence electrons. The first-order valence-electron chi connectivity index (χ1n) is 8.97. The molecule has 0 spiro atoms. The highest BCUT2D eigenvalue weighted by Crippen LogP contribution is 2.29. The lowest BCUT2D eigenvalue weighted by Gasteiger charge is -2.26. The fourth-order valence-corrected chi connectivity index (χ4v) is 3.26. The molecule has 21 heavy (non-hydrogen) atoms. The van der Waals surface area contributed by atoms with Crippen LogP contribution in [0.25, 0.3) is 0 Å². The van der Waals surface area contributed by atoms with Crippen LogP contribution in [0.15, 0.2) is 0 Å². The number of aliphatic hydroxyl groups is 1. The normalized spacial score (nSPS) is 26.0. The van der Waals surface area contributed by atoms with Gasteiger partial charge in [0, 0.05) is 6.54 Å². The van der Waals surface area contributed by atoms with Gasteiger partial charge in [0.15, 0.2) is 0 Å². The molecule has 0 heterocycles. The fraction of sp³-hybridized carbons (Fsp3) is 1.00. The lowest BCUT2D eigenvalue weighted by molar-refractivity contribution is -0.00853. The van der Waals surface area contributed by atoms with Crippen LogP contribution in [-0.2, 0) is 4.74 Å². The Morgan fingerprint density at radius 1 is 1.14 bits per heavy atom. The monoisotopic (exact) mass is 299 g/mol. The summed E-state index contributed by atoms with van der Waals surface area (Å²) in [6.07, 6.45) is 7.74. The van der Waals surface area contributed by atoms with Crippen molar-refractivity contribution < 1.29 is 9.84 Å². The molecule has 0 aliphatic heterocycles. The van der Waals surface area contributed by atoms with Crippen molar-refractivity contribution in [2.24, 2.45) is 17.8 Å². The summed E-state index contributed by atoms with van der Waals surface area (Å²) >= 11 is 0. The zero-order chi connectivity index (χ0) is 15.7. The van der Waals surface area contributed by atoms with Gasteiger partial charge in [-0.3, -0.25) is 0 Å². The van der Waals surface area contributed by atoms with Gasteiger partial charge in [0.1, 0.15) is 0 Å². The van der Waals surface area contributed by atoms with E-state index in [0.29, 0.717) is 19.1 Å². The molecule has 2 unspecified atom stereocenters. The maximum Gasteiger partial charge on any atom is 0.0897 e. The number of nitrogens with one attached hydrogen (secondary N) is 1. The summed E-state index contributed by atoms with van der Waals surface area (Å²) < 4.78 is 5.68. The van der Waals surface area contributed by atoms with Crippen LogP contribution in [0.3, 0.4) is 0 Å². The summed E-state index contributed by atoms with van der Waals surface area (Å²) in [5.74, 6) is 2.47. The smallest absolute Gasteiger partial charge is 0.0897 e. The lowest BCUT2D eigenvalue weighted by atomic mass is 9.81. The SMILES string of the molecule is CC(C)CC(C)OCC(O)CNCCC1CCC(C)CC1. The Labute approximate surface area is 131 Å². The Bertz CT molecular complexity index is 250. The van der Waals surface area contributed by atoms with Crippen molar-refractivity contribution in [3.8, 4) is 0 Å². The molecular weight excluding hydrogens is 262 g/mol. The number of rotatable bonds is 10. The van der Waals surface area contributed by atoms with E-state index < -0.39 is 0 Å². The quantitative estimate of drug-likeness (QED) is 0.606. The van der Waals surface area contributed by atoms with Crippen molar-refractivity contribution in [3.63, 3.8) is 0 Å². The molecule has 1 aliphatic carbocycles. The molecule has 0 aromatic heterocycles. The molecule has 0 aromatic carbocycles. The van der Waals surface area contributed by atoms with Crippen LogP contribution in [-0.4, -0.2) is 37.0 Å². The standard InChI is InChI=1S/C18H37NO2/c1-14(2)11-16(4)21-13-18(20)12-19-10-9-17-7-5-15(3)6-8-17/h14-20H,5-13H2,1-4H3. The molecule has 2 atom stereocenters. The number of hydrogen-bond acceptors (Lipinski definition) is 3. The van der Waals surface area contributed by atoms with Crippen LogP contribution < -0.4 is 5.32 Å². The average Bonchev–Trinajstić information content (AvgIpc) is 2.42. The largest absolute Gasteiger partial charge is 0.389 e. The van der Waals surface area contributed by atoms with E-state index in [2.05, 4.69) is 33.0 Å². The Kier molecular flexibility index (Phi) is 9.54. The second kappa shape index (κ2) is 10.6. The summed E-state index contributed by atoms with van der Waals surface area (Å²) in [6, 6.07) is 0. The second-order valence-electron chi connectivity index (χ2n) is 7.55. The van der Waals surface area contributed by atoms with Crippen molar-refractivity contribution in [2.45, 2.75) is 78.4 Å². The van der Waals surface area contributed by atoms with Gasteiger partial charge in [0.25, 0.3) is 0 Å². The minimum absolute atomic E-state index is 0.240. The van der Waals surface area contributed by atoms with E-state index in [0.717, 1.165) is 24.8 Å². The third-order valence-electron chi connectivity index (χ3n) is 4.62. The zero-order valence-electron chi connectivity index (χ0n) is 14.6. The fourth-order valence-electron chi connectivity index (χ4n) is 3.26. The summed E-state index contributed by atoms with van der Waals surface area (Å²) in [5, 5.41) is 13.3. The minimum atomic E-state index is -0.383. The van der Waals surface area contributed by atoms with Gasteiger partial charge < -0.3 is 15.2 Å². The molecule has 0 saturated heterocycles. The first kappa shape index (κ1) is 18.9. The van der Waals surface area contributed by atoms with E-state index in [9.17, 15) is 5.11 Å². The molecule has 1 rings (SSSR count). The zero-order valence-corrected chi connectivity index (χ0v) is 14.6. The number of aliphatic hydroxyl groups excluding tert-OH is 1. The van der Waals surface area contributed by atoms with Crippen LogP contribution in [0.1, 0.15) is 66.2 Å². The van der Waals surface area contributed by atoms with Crippen molar-refractivity contribution >= 4 is 0 Å². The van der Waals surface area contributed by atoms with Crippen molar-refractivity contribution in [2.75, 3.05) is 19.7 Å². The molecule has 3 heteroatoms. The number of ether oxygens (including phenoxy) is 1. The van der Waals surface area contributed by atoms with Gasteiger partial charge in [0.2, 0.25) is 0 Å². The third kappa shape index (κ3) is 9.49. The predicted molar refractivity (Wildman–Crippen MR) is 89.5 cm³/mol. The maximum atomic E-state index is 9.92. The molecule has 1 fully saturated rings. The van der Waals surface area contributed by atoms with E-state index >= 15 is 0 Å². The molecule has 2 N–H and O–H groups in total. The van der Waals surface area contributed by atoms with Gasteiger partial charge >= 0.3 is 0 Å². The van der Waals surface area contributed by atoms with Crippen LogP contribution >= 0.6 is 0 Å². The van der Waals surface area contributed by atoms with Gasteiger partial charge in [-0.05, 0) is 44.1 Å². The topological polar surface area (TPSA) is 41.5 Å². The number of hydrogen-bond donors (Lipinski definition) is 2. The Balaban J connectivity index is 1.97. The Morgan fingerprint density at radius 3 is 2.43 bits per heavy atom. The summed E-state index contributed by atoms with van der Waals surface area (Å²) in [7, 11) is 0. The highest BCUT2D eigenvalue weighted by atomic mass is 16.5. The average molecular weight is 299 g/mol. The van der Waals surface area contributed by atoms with E-state index in [4.69, 9.17) is 4.74 Å². The summed E-state index contributed by atoms with van der Waals surface area (Å²) in [6.45, 7) is 11.0. The molecule has 0 amide bonds. The van der Waals surface area contributed by atoms with E-state index in [1.807, 2.05) is 0 Å². The first-order chi connectivity index (χ1) is 9.97. The lowest BCUT2D eigenvalue weighted by Crippen LogP contribution is -2.33. The van der Waals surface area contributed by atoms with Gasteiger partial charge in [-0.25, -0.2) is 0 Å². The minimum Gasteiger partial charge on any atom is -0.389 e. The van der Waals surface area contributed by atoms with E-state index in [1.165, 1.54) is 32.1 Å². The predicted octanol–water partition coefficient (Wildman–Crippen LogP) is 3.60. The molecule has 3 nitrogen and oxygen atoms in total. The summed E-state index contributed by atoms with van der Waals surface area (Å²) in [4.78, 5) is 0. The summed E-state index contributed by atoms with van der Waals surface area (Å²) in [5.41, 5.74) is 0. The second-order valence-corrected chi connectivity index (χ2v) is 7.55. The van der Waals surface area contributed by atoms with Crippen LogP contribution in [0, 0.1) is 17.8 Å². The van der Waals surface area contributed by atoms with Gasteiger partial charge in [-0.1, -0.05) is 46.5 Å². The van der Waals surface area contributed by atoms with Crippen molar-refractivity contribution in [3.05, 3.63) is 0 Å². The van der Waals surface area contributed by atoms with Crippen LogP contribution in [0.2, 0.25) is 0 Å². The molecule has 0 radical (unpaired) electrons. The molecule has 1 aliphatic rings. The van der Waals surface area contributed by atoms with Gasteiger partial charge in [-0.2, -0.15) is 0 Å². The van der Waals surface area contributed by atoms with E-state index in [-0.39, 0.29) is 12.2 Å². The third-order valence-corrected chi connectivity index (χ3v) is 4.62. The molecular formula is C18H37NO2. The van der Waals surface area contributed by atoms with Gasteiger partial charge in [0.05, 0.1) is 18.8 Å². The van der Waals surface area contributed by atoms with Crippen molar-refractivity contribution in [1.29, 1.82) is 0 Å². The first-order valence-corrected chi connectivity index (χ1v) is 8.97. The van der Waals surface area contributed by atoms with Crippen molar-refractivity contribution in [1.82, 2.24) is 5.32 Å². The highest BCUT2D eigenvalue weighted by Gasteiger charge is 2.17. The Morgan fingerprint density at radius 2 is 1.81 bits per heavy atom. The molecule has 1 saturated carbocycles. The maximum absolute atomic E-state index is 9.92. The Hall–Kier alpha value is -0.120. The highest BCUT2D eigenvalue weighted by molar-refractivity contribution is 4.71. The van der Waals surface area contributed by atoms with Crippen LogP contribution in [0.5, 0.6) is 0 Å². The molecule has 0 bridgehead atoms. The molecule has 0 aromatic rings. The van der Waals surface area contributed by atoms with E-state index in [1.54, 1.807) is 0 Å². The van der Waals surface area contributed by atoms with Crippen LogP contribution in [0.4, 0.5) is 0 Å².